The largest absolute Gasteiger partial charge is 0.465 e. The lowest BCUT2D eigenvalue weighted by atomic mass is 9.96. The third-order valence-electron chi connectivity index (χ3n) is 14.4. The van der Waals surface area contributed by atoms with E-state index in [0.29, 0.717) is 51.5 Å². The van der Waals surface area contributed by atoms with Gasteiger partial charge in [0.25, 0.3) is 0 Å². The first-order valence-corrected chi connectivity index (χ1v) is 31.5. The quantitative estimate of drug-likeness (QED) is 0.0317. The second-order valence-corrected chi connectivity index (χ2v) is 21.9. The Labute approximate surface area is 472 Å². The van der Waals surface area contributed by atoms with Gasteiger partial charge in [-0.05, 0) is 70.9 Å². The van der Waals surface area contributed by atoms with E-state index >= 15 is 0 Å². The minimum atomic E-state index is -0.634. The average molecular weight is 1110 g/mol. The SMILES string of the molecule is CCCCCCCCC(=O)OCC(COC(=O)CCCCCCCC)CC(=O)OC[C@H]1CCC[C@@H](COC(=O)CC(COC(=O)CCCCCCCC)COC(=O)CCCCCCCC)N1C(=O)OCCN(CCC)CCC. The van der Waals surface area contributed by atoms with Gasteiger partial charge in [0.05, 0.1) is 51.4 Å². The number of rotatable bonds is 51. The molecule has 0 saturated carbocycles. The van der Waals surface area contributed by atoms with Gasteiger partial charge in [-0.1, -0.05) is 170 Å². The van der Waals surface area contributed by atoms with Gasteiger partial charge in [-0.25, -0.2) is 4.79 Å². The zero-order valence-electron chi connectivity index (χ0n) is 50.2. The number of esters is 6. The fourth-order valence-corrected chi connectivity index (χ4v) is 9.73. The molecule has 0 N–H and O–H groups in total. The van der Waals surface area contributed by atoms with Gasteiger partial charge in [0.15, 0.2) is 0 Å². The first-order valence-electron chi connectivity index (χ1n) is 31.5. The van der Waals surface area contributed by atoms with Crippen molar-refractivity contribution in [2.24, 2.45) is 11.8 Å². The smallest absolute Gasteiger partial charge is 0.410 e. The molecule has 0 aromatic rings. The van der Waals surface area contributed by atoms with E-state index < -0.39 is 42.0 Å². The Hall–Kier alpha value is -3.95. The number of ether oxygens (including phenoxy) is 7. The summed E-state index contributed by atoms with van der Waals surface area (Å²) in [6.45, 7) is 14.5. The highest BCUT2D eigenvalue weighted by molar-refractivity contribution is 5.73. The van der Waals surface area contributed by atoms with Gasteiger partial charge in [-0.3, -0.25) is 38.6 Å². The topological polar surface area (TPSA) is 191 Å². The second-order valence-electron chi connectivity index (χ2n) is 21.9. The molecule has 16 nitrogen and oxygen atoms in total. The summed E-state index contributed by atoms with van der Waals surface area (Å²) in [7, 11) is 0. The number of unbranched alkanes of at least 4 members (excludes halogenated alkanes) is 20. The molecule has 1 rings (SSSR count). The van der Waals surface area contributed by atoms with E-state index in [1.165, 1.54) is 30.6 Å². The number of hydrogen-bond donors (Lipinski definition) is 0. The minimum Gasteiger partial charge on any atom is -0.465 e. The third-order valence-corrected chi connectivity index (χ3v) is 14.4. The molecular formula is C62H112N2O14. The molecule has 0 aromatic heterocycles. The van der Waals surface area contributed by atoms with Crippen LogP contribution in [0.1, 0.15) is 266 Å². The van der Waals surface area contributed by atoms with Crippen molar-refractivity contribution >= 4 is 41.9 Å². The Bertz CT molecular complexity index is 1400. The molecule has 0 spiro atoms. The van der Waals surface area contributed by atoms with Crippen LogP contribution in [0.2, 0.25) is 0 Å². The molecule has 0 bridgehead atoms. The van der Waals surface area contributed by atoms with Crippen LogP contribution in [0.5, 0.6) is 0 Å². The number of nitrogens with zero attached hydrogens (tertiary/aromatic N) is 2. The summed E-state index contributed by atoms with van der Waals surface area (Å²) in [5, 5.41) is 0. The number of hydrogen-bond acceptors (Lipinski definition) is 15. The van der Waals surface area contributed by atoms with E-state index in [4.69, 9.17) is 33.2 Å². The van der Waals surface area contributed by atoms with Crippen LogP contribution in [-0.2, 0) is 61.9 Å². The molecule has 0 radical (unpaired) electrons. The highest BCUT2D eigenvalue weighted by atomic mass is 16.6. The van der Waals surface area contributed by atoms with Crippen molar-refractivity contribution in [1.82, 2.24) is 9.80 Å². The molecule has 1 amide bonds. The first kappa shape index (κ1) is 72.1. The van der Waals surface area contributed by atoms with Gasteiger partial charge >= 0.3 is 41.9 Å². The molecule has 2 atom stereocenters. The lowest BCUT2D eigenvalue weighted by Crippen LogP contribution is -2.54. The summed E-state index contributed by atoms with van der Waals surface area (Å²) >= 11 is 0. The van der Waals surface area contributed by atoms with Crippen molar-refractivity contribution in [3.05, 3.63) is 0 Å². The van der Waals surface area contributed by atoms with Crippen LogP contribution >= 0.6 is 0 Å². The summed E-state index contributed by atoms with van der Waals surface area (Å²) in [5.41, 5.74) is 0. The minimum absolute atomic E-state index is 0.111. The molecule has 1 heterocycles. The maximum Gasteiger partial charge on any atom is 0.410 e. The lowest BCUT2D eigenvalue weighted by molar-refractivity contribution is -0.157. The third kappa shape index (κ3) is 39.4. The van der Waals surface area contributed by atoms with E-state index in [1.54, 1.807) is 0 Å². The highest BCUT2D eigenvalue weighted by Gasteiger charge is 2.37. The molecule has 454 valence electrons. The molecule has 1 saturated heterocycles. The predicted octanol–water partition coefficient (Wildman–Crippen LogP) is 13.7. The van der Waals surface area contributed by atoms with E-state index in [-0.39, 0.29) is 109 Å². The monoisotopic (exact) mass is 1110 g/mol. The van der Waals surface area contributed by atoms with Gasteiger partial charge < -0.3 is 33.2 Å². The summed E-state index contributed by atoms with van der Waals surface area (Å²) in [5.74, 6) is -3.91. The predicted molar refractivity (Wildman–Crippen MR) is 306 cm³/mol. The van der Waals surface area contributed by atoms with Gasteiger partial charge in [0.1, 0.15) is 19.8 Å². The molecule has 16 heteroatoms. The van der Waals surface area contributed by atoms with E-state index in [0.717, 1.165) is 129 Å². The van der Waals surface area contributed by atoms with Gasteiger partial charge in [-0.2, -0.15) is 0 Å². The lowest BCUT2D eigenvalue weighted by Gasteiger charge is -2.40. The molecule has 0 unspecified atom stereocenters. The standard InChI is InChI=1S/C62H112N2O14/c1-7-13-17-21-25-29-36-56(65)73-46-52(47-74-57(66)37-30-26-22-18-14-8-2)44-60(69)77-50-54-34-33-35-55(64(54)62(71)72-43-42-63(40-11-5)41-12-6)51-78-61(70)45-53(48-75-58(67)38-31-27-23-19-15-9-3)49-76-59(68)39-32-28-24-20-16-10-4/h52-55H,7-51H2,1-6H3/t54-,55+. The van der Waals surface area contributed by atoms with E-state index in [1.807, 2.05) is 0 Å². The number of amides is 1. The average Bonchev–Trinajstić information content (AvgIpc) is 3.42. The Morgan fingerprint density at radius 1 is 0.372 bits per heavy atom. The molecular weight excluding hydrogens is 997 g/mol. The maximum absolute atomic E-state index is 14.1. The van der Waals surface area contributed by atoms with Crippen LogP contribution in [0.3, 0.4) is 0 Å². The Kier molecular flexibility index (Phi) is 46.2. The van der Waals surface area contributed by atoms with Crippen molar-refractivity contribution in [2.45, 2.75) is 278 Å². The Balaban J connectivity index is 3.16. The maximum atomic E-state index is 14.1. The molecule has 1 fully saturated rings. The molecule has 78 heavy (non-hydrogen) atoms. The molecule has 0 aliphatic carbocycles. The van der Waals surface area contributed by atoms with Gasteiger partial charge in [0, 0.05) is 44.1 Å². The van der Waals surface area contributed by atoms with Crippen LogP contribution in [0, 0.1) is 11.8 Å². The number of piperidine rings is 1. The number of carbonyl (C=O) groups excluding carboxylic acids is 7. The highest BCUT2D eigenvalue weighted by Crippen LogP contribution is 2.26. The molecule has 1 aliphatic heterocycles. The van der Waals surface area contributed by atoms with Crippen molar-refractivity contribution < 1.29 is 66.7 Å². The van der Waals surface area contributed by atoms with Crippen molar-refractivity contribution in [2.75, 3.05) is 65.9 Å². The van der Waals surface area contributed by atoms with Crippen molar-refractivity contribution in [1.29, 1.82) is 0 Å². The number of likely N-dealkylation sites (tertiary alicyclic amines) is 1. The zero-order valence-corrected chi connectivity index (χ0v) is 50.2. The van der Waals surface area contributed by atoms with E-state index in [9.17, 15) is 33.6 Å². The molecule has 0 aromatic carbocycles. The Morgan fingerprint density at radius 2 is 0.679 bits per heavy atom. The van der Waals surface area contributed by atoms with Gasteiger partial charge in [-0.15, -0.1) is 0 Å². The van der Waals surface area contributed by atoms with Gasteiger partial charge in [0.2, 0.25) is 0 Å². The zero-order chi connectivity index (χ0) is 57.3. The van der Waals surface area contributed by atoms with E-state index in [2.05, 4.69) is 46.4 Å². The summed E-state index contributed by atoms with van der Waals surface area (Å²) in [4.78, 5) is 96.3. The van der Waals surface area contributed by atoms with Crippen LogP contribution in [0.25, 0.3) is 0 Å². The summed E-state index contributed by atoms with van der Waals surface area (Å²) in [6.07, 6.45) is 28.2. The second kappa shape index (κ2) is 50.0. The van der Waals surface area contributed by atoms with Crippen molar-refractivity contribution in [3.8, 4) is 0 Å². The van der Waals surface area contributed by atoms with Crippen LogP contribution in [-0.4, -0.2) is 130 Å². The van der Waals surface area contributed by atoms with Crippen LogP contribution < -0.4 is 0 Å². The van der Waals surface area contributed by atoms with Crippen LogP contribution in [0.15, 0.2) is 0 Å². The first-order chi connectivity index (χ1) is 37.9. The fraction of sp³-hybridized carbons (Fsp3) is 0.887. The summed E-state index contributed by atoms with van der Waals surface area (Å²) in [6, 6.07) is -1.20. The Morgan fingerprint density at radius 3 is 0.987 bits per heavy atom. The number of carbonyl (C=O) groups is 7. The van der Waals surface area contributed by atoms with Crippen molar-refractivity contribution in [3.63, 3.8) is 0 Å². The van der Waals surface area contributed by atoms with Crippen LogP contribution in [0.4, 0.5) is 4.79 Å². The summed E-state index contributed by atoms with van der Waals surface area (Å²) < 4.78 is 40.1. The normalized spacial score (nSPS) is 14.4. The fourth-order valence-electron chi connectivity index (χ4n) is 9.73. The molecule has 1 aliphatic rings.